The van der Waals surface area contributed by atoms with Gasteiger partial charge in [-0.3, -0.25) is 14.7 Å². The molecule has 1 heterocycles. The minimum atomic E-state index is 0. The van der Waals surface area contributed by atoms with Gasteiger partial charge in [0.1, 0.15) is 0 Å². The van der Waals surface area contributed by atoms with Gasteiger partial charge < -0.3 is 20.6 Å². The third-order valence-corrected chi connectivity index (χ3v) is 7.58. The molecule has 0 radical (unpaired) electrons. The monoisotopic (exact) mass is 563 g/mol. The number of hydrogen-bond donors (Lipinski definition) is 3. The van der Waals surface area contributed by atoms with Crippen molar-refractivity contribution in [2.75, 3.05) is 59.0 Å². The molecule has 0 aromatic heterocycles. The normalized spacial score (nSPS) is 22.4. The average molecular weight is 564 g/mol. The first-order valence-corrected chi connectivity index (χ1v) is 12.8. The number of aliphatic imine (C=N–C) groups is 1. The van der Waals surface area contributed by atoms with E-state index in [4.69, 9.17) is 4.99 Å². The molecule has 0 atom stereocenters. The molecule has 1 saturated heterocycles. The van der Waals surface area contributed by atoms with E-state index < -0.39 is 0 Å². The van der Waals surface area contributed by atoms with Gasteiger partial charge in [-0.25, -0.2) is 0 Å². The summed E-state index contributed by atoms with van der Waals surface area (Å²) >= 11 is 0. The maximum absolute atomic E-state index is 12.6. The Labute approximate surface area is 212 Å². The van der Waals surface area contributed by atoms with Crippen LogP contribution in [0.5, 0.6) is 0 Å². The zero-order chi connectivity index (χ0) is 21.9. The number of nitrogens with zero attached hydrogens (tertiary/aromatic N) is 3. The molecule has 2 saturated carbocycles. The van der Waals surface area contributed by atoms with Crippen LogP contribution in [0.3, 0.4) is 0 Å². The first-order chi connectivity index (χ1) is 15.2. The Kier molecular flexibility index (Phi) is 12.6. The Hall–Kier alpha value is -0.610. The Morgan fingerprint density at radius 3 is 2.34 bits per heavy atom. The SMILES string of the molecule is CCNC(=NCC1(CCO)CCCCC1)NCCN1CCN(C(=O)C2CCCC2)CC1.I. The number of piperazine rings is 1. The quantitative estimate of drug-likeness (QED) is 0.229. The van der Waals surface area contributed by atoms with Crippen molar-refractivity contribution in [3.05, 3.63) is 0 Å². The maximum Gasteiger partial charge on any atom is 0.225 e. The third-order valence-electron chi connectivity index (χ3n) is 7.58. The van der Waals surface area contributed by atoms with Gasteiger partial charge in [-0.05, 0) is 44.4 Å². The first kappa shape index (κ1) is 27.6. The number of rotatable bonds is 9. The summed E-state index contributed by atoms with van der Waals surface area (Å²) in [4.78, 5) is 22.1. The fraction of sp³-hybridized carbons (Fsp3) is 0.917. The van der Waals surface area contributed by atoms with Crippen LogP contribution in [0.2, 0.25) is 0 Å². The molecule has 1 aliphatic heterocycles. The Morgan fingerprint density at radius 1 is 1.03 bits per heavy atom. The molecular formula is C24H46IN5O2. The van der Waals surface area contributed by atoms with Crippen LogP contribution >= 0.6 is 24.0 Å². The van der Waals surface area contributed by atoms with Gasteiger partial charge in [-0.1, -0.05) is 32.1 Å². The Morgan fingerprint density at radius 2 is 1.72 bits per heavy atom. The van der Waals surface area contributed by atoms with Crippen LogP contribution < -0.4 is 10.6 Å². The van der Waals surface area contributed by atoms with Crippen LogP contribution in [0.1, 0.15) is 71.1 Å². The Bertz CT molecular complexity index is 563. The van der Waals surface area contributed by atoms with Gasteiger partial charge >= 0.3 is 0 Å². The van der Waals surface area contributed by atoms with Crippen molar-refractivity contribution < 1.29 is 9.90 Å². The number of guanidine groups is 1. The standard InChI is InChI=1S/C24H45N5O2.HI/c1-2-25-23(27-20-24(12-19-30)10-6-3-7-11-24)26-13-14-28-15-17-29(18-16-28)22(31)21-8-4-5-9-21;/h21,30H,2-20H2,1H3,(H2,25,26,27);1H. The van der Waals surface area contributed by atoms with E-state index in [2.05, 4.69) is 27.4 Å². The summed E-state index contributed by atoms with van der Waals surface area (Å²) in [5, 5.41) is 16.4. The molecule has 0 aromatic carbocycles. The van der Waals surface area contributed by atoms with E-state index in [9.17, 15) is 9.90 Å². The number of carbonyl (C=O) groups is 1. The number of aliphatic hydroxyl groups is 1. The largest absolute Gasteiger partial charge is 0.396 e. The van der Waals surface area contributed by atoms with Crippen molar-refractivity contribution in [1.29, 1.82) is 0 Å². The molecule has 32 heavy (non-hydrogen) atoms. The molecule has 8 heteroatoms. The lowest BCUT2D eigenvalue weighted by Crippen LogP contribution is -2.52. The number of hydrogen-bond acceptors (Lipinski definition) is 4. The van der Waals surface area contributed by atoms with E-state index in [-0.39, 0.29) is 36.0 Å². The molecular weight excluding hydrogens is 517 g/mol. The van der Waals surface area contributed by atoms with Crippen LogP contribution in [0.15, 0.2) is 4.99 Å². The summed E-state index contributed by atoms with van der Waals surface area (Å²) < 4.78 is 0. The summed E-state index contributed by atoms with van der Waals surface area (Å²) in [6, 6.07) is 0. The highest BCUT2D eigenvalue weighted by atomic mass is 127. The van der Waals surface area contributed by atoms with Crippen LogP contribution in [-0.2, 0) is 4.79 Å². The second-order valence-electron chi connectivity index (χ2n) is 9.80. The lowest BCUT2D eigenvalue weighted by atomic mass is 9.72. The van der Waals surface area contributed by atoms with Crippen molar-refractivity contribution in [2.45, 2.75) is 71.1 Å². The number of carbonyl (C=O) groups excluding carboxylic acids is 1. The third kappa shape index (κ3) is 8.31. The Balaban J connectivity index is 0.00000363. The molecule has 3 rings (SSSR count). The lowest BCUT2D eigenvalue weighted by molar-refractivity contribution is -0.137. The zero-order valence-corrected chi connectivity index (χ0v) is 22.4. The van der Waals surface area contributed by atoms with Gasteiger partial charge in [0.05, 0.1) is 0 Å². The molecule has 7 nitrogen and oxygen atoms in total. The fourth-order valence-electron chi connectivity index (χ4n) is 5.57. The van der Waals surface area contributed by atoms with E-state index in [1.54, 1.807) is 0 Å². The van der Waals surface area contributed by atoms with Crippen LogP contribution in [-0.4, -0.2) is 85.7 Å². The van der Waals surface area contributed by atoms with Crippen molar-refractivity contribution >= 4 is 35.8 Å². The molecule has 2 aliphatic carbocycles. The second-order valence-corrected chi connectivity index (χ2v) is 9.80. The van der Waals surface area contributed by atoms with Gasteiger partial charge in [0, 0.05) is 64.9 Å². The summed E-state index contributed by atoms with van der Waals surface area (Å²) in [7, 11) is 0. The first-order valence-electron chi connectivity index (χ1n) is 12.8. The smallest absolute Gasteiger partial charge is 0.225 e. The molecule has 3 N–H and O–H groups in total. The summed E-state index contributed by atoms with van der Waals surface area (Å²) in [6.45, 7) is 9.50. The van der Waals surface area contributed by atoms with Gasteiger partial charge in [0.15, 0.2) is 5.96 Å². The summed E-state index contributed by atoms with van der Waals surface area (Å²) in [5.41, 5.74) is 0.178. The lowest BCUT2D eigenvalue weighted by Gasteiger charge is -2.36. The van der Waals surface area contributed by atoms with E-state index in [1.165, 1.54) is 44.9 Å². The molecule has 0 unspecified atom stereocenters. The summed E-state index contributed by atoms with van der Waals surface area (Å²) in [6.07, 6.45) is 11.7. The molecule has 1 amide bonds. The predicted molar refractivity (Wildman–Crippen MR) is 142 cm³/mol. The van der Waals surface area contributed by atoms with Gasteiger partial charge in [0.2, 0.25) is 5.91 Å². The van der Waals surface area contributed by atoms with Crippen LogP contribution in [0.25, 0.3) is 0 Å². The number of nitrogens with one attached hydrogen (secondary N) is 2. The second kappa shape index (κ2) is 14.6. The van der Waals surface area contributed by atoms with E-state index in [1.807, 2.05) is 0 Å². The fourth-order valence-corrected chi connectivity index (χ4v) is 5.57. The number of aliphatic hydroxyl groups excluding tert-OH is 1. The van der Waals surface area contributed by atoms with E-state index in [0.29, 0.717) is 11.8 Å². The number of halogens is 1. The number of amides is 1. The topological polar surface area (TPSA) is 80.2 Å². The van der Waals surface area contributed by atoms with E-state index >= 15 is 0 Å². The average Bonchev–Trinajstić information content (AvgIpc) is 3.33. The van der Waals surface area contributed by atoms with Gasteiger partial charge in [0.25, 0.3) is 0 Å². The molecule has 0 aromatic rings. The molecule has 0 spiro atoms. The van der Waals surface area contributed by atoms with Gasteiger partial charge in [-0.15, -0.1) is 24.0 Å². The highest BCUT2D eigenvalue weighted by Gasteiger charge is 2.31. The van der Waals surface area contributed by atoms with Crippen molar-refractivity contribution in [3.63, 3.8) is 0 Å². The van der Waals surface area contributed by atoms with Crippen molar-refractivity contribution in [3.8, 4) is 0 Å². The predicted octanol–water partition coefficient (Wildman–Crippen LogP) is 2.83. The summed E-state index contributed by atoms with van der Waals surface area (Å²) in [5.74, 6) is 1.59. The van der Waals surface area contributed by atoms with Gasteiger partial charge in [-0.2, -0.15) is 0 Å². The molecule has 3 aliphatic rings. The maximum atomic E-state index is 12.6. The zero-order valence-electron chi connectivity index (χ0n) is 20.1. The minimum Gasteiger partial charge on any atom is -0.396 e. The molecule has 0 bridgehead atoms. The van der Waals surface area contributed by atoms with Crippen LogP contribution in [0.4, 0.5) is 0 Å². The highest BCUT2D eigenvalue weighted by Crippen LogP contribution is 2.39. The van der Waals surface area contributed by atoms with Crippen LogP contribution in [0, 0.1) is 11.3 Å². The van der Waals surface area contributed by atoms with Crippen molar-refractivity contribution in [1.82, 2.24) is 20.4 Å². The molecule has 3 fully saturated rings. The minimum absolute atomic E-state index is 0. The highest BCUT2D eigenvalue weighted by molar-refractivity contribution is 14.0. The van der Waals surface area contributed by atoms with Crippen molar-refractivity contribution in [2.24, 2.45) is 16.3 Å². The molecule has 186 valence electrons. The van der Waals surface area contributed by atoms with E-state index in [0.717, 1.165) is 77.6 Å².